The monoisotopic (exact) mass is 395 g/mol. The fourth-order valence-electron chi connectivity index (χ4n) is 3.54. The number of guanidine groups is 1. The quantitative estimate of drug-likeness (QED) is 0.489. The first-order valence-corrected chi connectivity index (χ1v) is 11.1. The van der Waals surface area contributed by atoms with Crippen LogP contribution in [0.1, 0.15) is 66.7 Å². The zero-order chi connectivity index (χ0) is 20.6. The Kier molecular flexibility index (Phi) is 8.86. The first kappa shape index (κ1) is 22.8. The average molecular weight is 396 g/mol. The summed E-state index contributed by atoms with van der Waals surface area (Å²) >= 11 is 0. The molecule has 0 aromatic rings. The van der Waals surface area contributed by atoms with E-state index in [-0.39, 0.29) is 6.09 Å². The zero-order valence-electron chi connectivity index (χ0n) is 18.6. The molecule has 0 aromatic heterocycles. The van der Waals surface area contributed by atoms with Crippen molar-refractivity contribution in [1.82, 2.24) is 20.4 Å². The van der Waals surface area contributed by atoms with Gasteiger partial charge in [0.25, 0.3) is 0 Å². The van der Waals surface area contributed by atoms with Crippen LogP contribution < -0.4 is 10.6 Å². The lowest BCUT2D eigenvalue weighted by atomic mass is 10.1. The number of hydrogen-bond donors (Lipinski definition) is 2. The highest BCUT2D eigenvalue weighted by atomic mass is 16.6. The van der Waals surface area contributed by atoms with Gasteiger partial charge in [0.2, 0.25) is 0 Å². The van der Waals surface area contributed by atoms with E-state index in [1.54, 1.807) is 4.90 Å². The third-order valence-electron chi connectivity index (χ3n) is 5.06. The molecule has 1 amide bonds. The Hall–Kier alpha value is -1.50. The fraction of sp³-hybridized carbons (Fsp3) is 0.905. The maximum Gasteiger partial charge on any atom is 0.410 e. The highest BCUT2D eigenvalue weighted by molar-refractivity contribution is 5.80. The van der Waals surface area contributed by atoms with Crippen molar-refractivity contribution >= 4 is 12.1 Å². The number of carbonyl (C=O) groups is 1. The Labute approximate surface area is 171 Å². The van der Waals surface area contributed by atoms with Gasteiger partial charge in [-0.3, -0.25) is 4.99 Å². The van der Waals surface area contributed by atoms with Crippen molar-refractivity contribution in [3.63, 3.8) is 0 Å². The average Bonchev–Trinajstić information content (AvgIpc) is 3.45. The number of nitrogens with zero attached hydrogens (tertiary/aromatic N) is 3. The van der Waals surface area contributed by atoms with Crippen LogP contribution in [-0.2, 0) is 4.74 Å². The molecule has 0 radical (unpaired) electrons. The van der Waals surface area contributed by atoms with Crippen molar-refractivity contribution in [2.24, 2.45) is 4.99 Å². The molecule has 1 saturated carbocycles. The molecule has 7 heteroatoms. The number of rotatable bonds is 8. The number of likely N-dealkylation sites (tertiary alicyclic amines) is 1. The van der Waals surface area contributed by atoms with Gasteiger partial charge in [0.05, 0.1) is 6.54 Å². The molecule has 162 valence electrons. The van der Waals surface area contributed by atoms with Gasteiger partial charge in [-0.15, -0.1) is 0 Å². The Morgan fingerprint density at radius 1 is 1.14 bits per heavy atom. The lowest BCUT2D eigenvalue weighted by molar-refractivity contribution is 0.0256. The summed E-state index contributed by atoms with van der Waals surface area (Å²) in [7, 11) is 0. The summed E-state index contributed by atoms with van der Waals surface area (Å²) in [5.41, 5.74) is -0.474. The molecule has 0 unspecified atom stereocenters. The molecule has 28 heavy (non-hydrogen) atoms. The van der Waals surface area contributed by atoms with Crippen molar-refractivity contribution in [3.05, 3.63) is 0 Å². The molecule has 1 heterocycles. The highest BCUT2D eigenvalue weighted by Crippen LogP contribution is 2.29. The number of piperidine rings is 1. The second-order valence-corrected chi connectivity index (χ2v) is 8.91. The van der Waals surface area contributed by atoms with Crippen LogP contribution in [-0.4, -0.2) is 78.8 Å². The van der Waals surface area contributed by atoms with E-state index in [9.17, 15) is 4.79 Å². The number of ether oxygens (including phenoxy) is 1. The van der Waals surface area contributed by atoms with Crippen LogP contribution in [0.4, 0.5) is 4.79 Å². The Balaban J connectivity index is 1.81. The fourth-order valence-corrected chi connectivity index (χ4v) is 3.54. The largest absolute Gasteiger partial charge is 0.444 e. The maximum absolute atomic E-state index is 12.4. The molecule has 2 N–H and O–H groups in total. The van der Waals surface area contributed by atoms with E-state index >= 15 is 0 Å². The third-order valence-corrected chi connectivity index (χ3v) is 5.06. The van der Waals surface area contributed by atoms with Gasteiger partial charge >= 0.3 is 6.09 Å². The van der Waals surface area contributed by atoms with Crippen molar-refractivity contribution in [1.29, 1.82) is 0 Å². The van der Waals surface area contributed by atoms with E-state index in [1.165, 1.54) is 38.8 Å². The summed E-state index contributed by atoms with van der Waals surface area (Å²) in [6, 6.07) is 1.34. The van der Waals surface area contributed by atoms with E-state index < -0.39 is 5.60 Å². The van der Waals surface area contributed by atoms with E-state index in [1.807, 2.05) is 20.8 Å². The standard InChI is InChI=1S/C21H41N5O2/c1-6-13-26(20(27)28-21(3,4)5)16-12-23-19(22-7-2)24-17-10-14-25(15-11-17)18-8-9-18/h17-18H,6-16H2,1-5H3,(H2,22,23,24). The van der Waals surface area contributed by atoms with Crippen LogP contribution in [0.3, 0.4) is 0 Å². The highest BCUT2D eigenvalue weighted by Gasteiger charge is 2.31. The first-order chi connectivity index (χ1) is 13.3. The van der Waals surface area contributed by atoms with Crippen molar-refractivity contribution < 1.29 is 9.53 Å². The van der Waals surface area contributed by atoms with E-state index in [2.05, 4.69) is 29.4 Å². The number of carbonyl (C=O) groups excluding carboxylic acids is 1. The molecule has 2 fully saturated rings. The van der Waals surface area contributed by atoms with Crippen LogP contribution in [0.5, 0.6) is 0 Å². The van der Waals surface area contributed by atoms with Crippen LogP contribution in [0, 0.1) is 0 Å². The summed E-state index contributed by atoms with van der Waals surface area (Å²) < 4.78 is 5.52. The van der Waals surface area contributed by atoms with Crippen LogP contribution >= 0.6 is 0 Å². The van der Waals surface area contributed by atoms with E-state index in [0.29, 0.717) is 25.7 Å². The minimum Gasteiger partial charge on any atom is -0.444 e. The predicted molar refractivity (Wildman–Crippen MR) is 115 cm³/mol. The van der Waals surface area contributed by atoms with E-state index in [0.717, 1.165) is 25.0 Å². The lowest BCUT2D eigenvalue weighted by Crippen LogP contribution is -2.49. The molecule has 0 aromatic carbocycles. The summed E-state index contributed by atoms with van der Waals surface area (Å²) in [4.78, 5) is 21.5. The molecular formula is C21H41N5O2. The molecule has 0 bridgehead atoms. The molecule has 1 saturated heterocycles. The van der Waals surface area contributed by atoms with Crippen LogP contribution in [0.25, 0.3) is 0 Å². The number of amides is 1. The topological polar surface area (TPSA) is 69.2 Å². The minimum absolute atomic E-state index is 0.255. The second kappa shape index (κ2) is 10.9. The maximum atomic E-state index is 12.4. The van der Waals surface area contributed by atoms with Gasteiger partial charge in [-0.05, 0) is 59.8 Å². The van der Waals surface area contributed by atoms with Gasteiger partial charge in [-0.25, -0.2) is 4.79 Å². The van der Waals surface area contributed by atoms with Gasteiger partial charge in [0.1, 0.15) is 5.60 Å². The SMILES string of the molecule is CCCN(CCN=C(NCC)NC1CCN(C2CC2)CC1)C(=O)OC(C)(C)C. The summed E-state index contributed by atoms with van der Waals surface area (Å²) in [6.07, 6.45) is 5.75. The molecule has 1 aliphatic heterocycles. The van der Waals surface area contributed by atoms with Crippen molar-refractivity contribution in [2.75, 3.05) is 39.3 Å². The van der Waals surface area contributed by atoms with Gasteiger partial charge in [-0.2, -0.15) is 0 Å². The summed E-state index contributed by atoms with van der Waals surface area (Å²) in [5, 5.41) is 6.93. The van der Waals surface area contributed by atoms with Crippen molar-refractivity contribution in [2.45, 2.75) is 84.4 Å². The third kappa shape index (κ3) is 8.25. The number of aliphatic imine (C=N–C) groups is 1. The molecule has 2 aliphatic rings. The summed E-state index contributed by atoms with van der Waals surface area (Å²) in [5.74, 6) is 0.855. The van der Waals surface area contributed by atoms with Gasteiger partial charge in [0.15, 0.2) is 5.96 Å². The first-order valence-electron chi connectivity index (χ1n) is 11.1. The Morgan fingerprint density at radius 2 is 1.82 bits per heavy atom. The lowest BCUT2D eigenvalue weighted by Gasteiger charge is -2.33. The van der Waals surface area contributed by atoms with E-state index in [4.69, 9.17) is 9.73 Å². The normalized spacial score (nSPS) is 19.4. The van der Waals surface area contributed by atoms with Crippen molar-refractivity contribution in [3.8, 4) is 0 Å². The van der Waals surface area contributed by atoms with Gasteiger partial charge in [0, 0.05) is 44.8 Å². The number of hydrogen-bond acceptors (Lipinski definition) is 4. The number of nitrogens with one attached hydrogen (secondary N) is 2. The van der Waals surface area contributed by atoms with Crippen LogP contribution in [0.15, 0.2) is 4.99 Å². The van der Waals surface area contributed by atoms with Gasteiger partial charge in [-0.1, -0.05) is 6.92 Å². The Bertz CT molecular complexity index is 505. The molecular weight excluding hydrogens is 354 g/mol. The van der Waals surface area contributed by atoms with Crippen LogP contribution in [0.2, 0.25) is 0 Å². The summed E-state index contributed by atoms with van der Waals surface area (Å²) in [6.45, 7) is 14.9. The molecule has 0 atom stereocenters. The van der Waals surface area contributed by atoms with Gasteiger partial charge < -0.3 is 25.2 Å². The molecule has 1 aliphatic carbocycles. The zero-order valence-corrected chi connectivity index (χ0v) is 18.6. The Morgan fingerprint density at radius 3 is 2.36 bits per heavy atom. The molecule has 7 nitrogen and oxygen atoms in total. The molecule has 0 spiro atoms. The minimum atomic E-state index is -0.474. The predicted octanol–water partition coefficient (Wildman–Crippen LogP) is 2.82. The smallest absolute Gasteiger partial charge is 0.410 e. The molecule has 2 rings (SSSR count). The second-order valence-electron chi connectivity index (χ2n) is 8.91.